The minimum absolute atomic E-state index is 0.0244. The Balaban J connectivity index is 3.02. The fraction of sp³-hybridized carbons (Fsp3) is 0.955. The second kappa shape index (κ2) is 30.1. The fourth-order valence-electron chi connectivity index (χ4n) is 2.18. The van der Waals surface area contributed by atoms with Gasteiger partial charge in [0.2, 0.25) is 0 Å². The highest BCUT2D eigenvalue weighted by Crippen LogP contribution is 1.88. The summed E-state index contributed by atoms with van der Waals surface area (Å²) in [4.78, 5) is 10.9. The number of hydrogen-bond acceptors (Lipinski definition) is 12. The molecule has 0 spiro atoms. The molecule has 0 bridgehead atoms. The minimum Gasteiger partial charge on any atom is -0.469 e. The molecule has 0 aromatic heterocycles. The summed E-state index contributed by atoms with van der Waals surface area (Å²) in [7, 11) is 1.35. The number of carbonyl (C=O) groups is 1. The molecule has 34 heavy (non-hydrogen) atoms. The van der Waals surface area contributed by atoms with E-state index in [-0.39, 0.29) is 19.0 Å². The predicted molar refractivity (Wildman–Crippen MR) is 121 cm³/mol. The summed E-state index contributed by atoms with van der Waals surface area (Å²) in [5.74, 6) is -0.285. The highest BCUT2D eigenvalue weighted by Gasteiger charge is 1.99. The smallest absolute Gasteiger partial charge is 0.307 e. The number of carbonyl (C=O) groups excluding carboxylic acids is 1. The van der Waals surface area contributed by atoms with Crippen molar-refractivity contribution in [1.82, 2.24) is 0 Å². The van der Waals surface area contributed by atoms with Crippen LogP contribution in [0.3, 0.4) is 0 Å². The summed E-state index contributed by atoms with van der Waals surface area (Å²) in [6.07, 6.45) is 0.247. The Kier molecular flexibility index (Phi) is 29.3. The molecule has 12 nitrogen and oxygen atoms in total. The number of aliphatic hydroxyl groups excluding tert-OH is 1. The van der Waals surface area contributed by atoms with Gasteiger partial charge in [0.25, 0.3) is 0 Å². The van der Waals surface area contributed by atoms with Crippen LogP contribution in [0.1, 0.15) is 6.42 Å². The van der Waals surface area contributed by atoms with Crippen LogP contribution in [0.4, 0.5) is 0 Å². The molecular formula is C22H44O12. The first kappa shape index (κ1) is 33.1. The van der Waals surface area contributed by atoms with Gasteiger partial charge in [0.15, 0.2) is 0 Å². The molecule has 0 saturated carbocycles. The largest absolute Gasteiger partial charge is 0.469 e. The van der Waals surface area contributed by atoms with E-state index >= 15 is 0 Å². The molecular weight excluding hydrogens is 456 g/mol. The number of ether oxygens (including phenoxy) is 10. The Morgan fingerprint density at radius 3 is 0.912 bits per heavy atom. The van der Waals surface area contributed by atoms with Crippen LogP contribution in [-0.2, 0) is 52.2 Å². The van der Waals surface area contributed by atoms with E-state index in [2.05, 4.69) is 4.74 Å². The van der Waals surface area contributed by atoms with Crippen LogP contribution in [-0.4, -0.2) is 144 Å². The third-order valence-corrected chi connectivity index (χ3v) is 3.89. The first-order valence-electron chi connectivity index (χ1n) is 11.7. The van der Waals surface area contributed by atoms with Crippen LogP contribution in [0.25, 0.3) is 0 Å². The minimum atomic E-state index is -0.285. The lowest BCUT2D eigenvalue weighted by atomic mass is 10.5. The highest BCUT2D eigenvalue weighted by atomic mass is 16.6. The molecule has 1 N–H and O–H groups in total. The summed E-state index contributed by atoms with van der Waals surface area (Å²) in [5, 5.41) is 8.54. The maximum Gasteiger partial charge on any atom is 0.307 e. The van der Waals surface area contributed by atoms with E-state index in [1.165, 1.54) is 7.11 Å². The van der Waals surface area contributed by atoms with Crippen LogP contribution in [0, 0.1) is 0 Å². The van der Waals surface area contributed by atoms with Crippen molar-refractivity contribution in [3.05, 3.63) is 0 Å². The fourth-order valence-corrected chi connectivity index (χ4v) is 2.18. The standard InChI is InChI=1S/C22H44O12/c1-25-22(24)2-4-26-6-8-28-10-12-30-14-16-32-18-20-34-21-19-33-17-15-31-13-11-29-9-7-27-5-3-23/h23H,2-21H2,1H3. The molecule has 0 heterocycles. The molecule has 0 aromatic carbocycles. The molecule has 0 radical (unpaired) electrons. The molecule has 0 aliphatic carbocycles. The lowest BCUT2D eigenvalue weighted by molar-refractivity contribution is -0.141. The second-order valence-corrected chi connectivity index (χ2v) is 6.56. The summed E-state index contributed by atoms with van der Waals surface area (Å²) < 4.78 is 52.5. The Labute approximate surface area is 202 Å². The number of hydrogen-bond donors (Lipinski definition) is 1. The molecule has 0 saturated heterocycles. The van der Waals surface area contributed by atoms with Gasteiger partial charge in [-0.1, -0.05) is 0 Å². The zero-order chi connectivity index (χ0) is 24.8. The van der Waals surface area contributed by atoms with Crippen molar-refractivity contribution < 1.29 is 57.3 Å². The van der Waals surface area contributed by atoms with E-state index in [1.54, 1.807) is 0 Å². The van der Waals surface area contributed by atoms with E-state index in [4.69, 9.17) is 47.7 Å². The molecule has 0 fully saturated rings. The maximum atomic E-state index is 10.9. The molecule has 0 atom stereocenters. The van der Waals surface area contributed by atoms with Gasteiger partial charge in [-0.15, -0.1) is 0 Å². The van der Waals surface area contributed by atoms with Crippen molar-refractivity contribution in [2.45, 2.75) is 6.42 Å². The molecule has 0 aliphatic heterocycles. The summed E-state index contributed by atoms with van der Waals surface area (Å²) >= 11 is 0. The quantitative estimate of drug-likeness (QED) is 0.107. The average molecular weight is 501 g/mol. The average Bonchev–Trinajstić information content (AvgIpc) is 2.85. The van der Waals surface area contributed by atoms with Gasteiger partial charge in [0.05, 0.1) is 139 Å². The molecule has 0 unspecified atom stereocenters. The van der Waals surface area contributed by atoms with Crippen LogP contribution >= 0.6 is 0 Å². The Hall–Kier alpha value is -0.930. The van der Waals surface area contributed by atoms with Crippen molar-refractivity contribution in [1.29, 1.82) is 0 Å². The number of methoxy groups -OCH3 is 1. The number of aliphatic hydroxyl groups is 1. The van der Waals surface area contributed by atoms with Crippen molar-refractivity contribution in [2.75, 3.05) is 133 Å². The molecule has 0 rings (SSSR count). The molecule has 204 valence electrons. The van der Waals surface area contributed by atoms with Crippen molar-refractivity contribution in [3.63, 3.8) is 0 Å². The van der Waals surface area contributed by atoms with Gasteiger partial charge in [0.1, 0.15) is 0 Å². The van der Waals surface area contributed by atoms with Crippen molar-refractivity contribution >= 4 is 5.97 Å². The SMILES string of the molecule is COC(=O)CCOCCOCCOCCOCCOCCOCCOCCOCCOCCO. The van der Waals surface area contributed by atoms with Gasteiger partial charge >= 0.3 is 5.97 Å². The molecule has 12 heteroatoms. The second-order valence-electron chi connectivity index (χ2n) is 6.56. The summed E-state index contributed by atoms with van der Waals surface area (Å²) in [6, 6.07) is 0. The van der Waals surface area contributed by atoms with Gasteiger partial charge < -0.3 is 52.5 Å². The number of rotatable bonds is 29. The van der Waals surface area contributed by atoms with Crippen LogP contribution in [0.2, 0.25) is 0 Å². The first-order chi connectivity index (χ1) is 16.8. The molecule has 0 aliphatic rings. The van der Waals surface area contributed by atoms with Crippen LogP contribution < -0.4 is 0 Å². The lowest BCUT2D eigenvalue weighted by Crippen LogP contribution is -2.15. The van der Waals surface area contributed by atoms with E-state index in [9.17, 15) is 4.79 Å². The topological polar surface area (TPSA) is 130 Å². The van der Waals surface area contributed by atoms with E-state index in [0.717, 1.165) is 0 Å². The predicted octanol–water partition coefficient (Wildman–Crippen LogP) is -0.309. The zero-order valence-electron chi connectivity index (χ0n) is 20.6. The van der Waals surface area contributed by atoms with Crippen molar-refractivity contribution in [2.24, 2.45) is 0 Å². The molecule has 0 aromatic rings. The van der Waals surface area contributed by atoms with Crippen LogP contribution in [0.15, 0.2) is 0 Å². The summed E-state index contributed by atoms with van der Waals surface area (Å²) in [5.41, 5.74) is 0. The summed E-state index contributed by atoms with van der Waals surface area (Å²) in [6.45, 7) is 8.48. The van der Waals surface area contributed by atoms with E-state index < -0.39 is 0 Å². The Morgan fingerprint density at radius 1 is 0.441 bits per heavy atom. The monoisotopic (exact) mass is 500 g/mol. The maximum absolute atomic E-state index is 10.9. The lowest BCUT2D eigenvalue weighted by Gasteiger charge is -2.08. The third kappa shape index (κ3) is 29.1. The van der Waals surface area contributed by atoms with E-state index in [0.29, 0.717) is 119 Å². The normalized spacial score (nSPS) is 11.2. The van der Waals surface area contributed by atoms with Gasteiger partial charge in [-0.05, 0) is 0 Å². The van der Waals surface area contributed by atoms with Crippen LogP contribution in [0.5, 0.6) is 0 Å². The van der Waals surface area contributed by atoms with Gasteiger partial charge in [0, 0.05) is 0 Å². The van der Waals surface area contributed by atoms with Crippen molar-refractivity contribution in [3.8, 4) is 0 Å². The highest BCUT2D eigenvalue weighted by molar-refractivity contribution is 5.69. The van der Waals surface area contributed by atoms with Gasteiger partial charge in [-0.25, -0.2) is 0 Å². The zero-order valence-corrected chi connectivity index (χ0v) is 20.6. The van der Waals surface area contributed by atoms with Gasteiger partial charge in [-0.3, -0.25) is 4.79 Å². The number of esters is 1. The van der Waals surface area contributed by atoms with Gasteiger partial charge in [-0.2, -0.15) is 0 Å². The Morgan fingerprint density at radius 2 is 0.676 bits per heavy atom. The first-order valence-corrected chi connectivity index (χ1v) is 11.7. The Bertz CT molecular complexity index is 400. The van der Waals surface area contributed by atoms with E-state index in [1.807, 2.05) is 0 Å². The molecule has 0 amide bonds. The third-order valence-electron chi connectivity index (χ3n) is 3.89.